The second-order valence-corrected chi connectivity index (χ2v) is 3.68. The first-order valence-electron chi connectivity index (χ1n) is 5.05. The fourth-order valence-electron chi connectivity index (χ4n) is 2.10. The molecule has 0 unspecified atom stereocenters. The van der Waals surface area contributed by atoms with Crippen LogP contribution in [-0.2, 0) is 13.0 Å². The van der Waals surface area contributed by atoms with E-state index in [9.17, 15) is 0 Å². The first-order valence-corrected chi connectivity index (χ1v) is 5.05. The molecule has 3 rings (SSSR count). The van der Waals surface area contributed by atoms with Crippen LogP contribution in [0.4, 0.5) is 0 Å². The second-order valence-electron chi connectivity index (χ2n) is 3.68. The summed E-state index contributed by atoms with van der Waals surface area (Å²) >= 11 is 0. The van der Waals surface area contributed by atoms with Gasteiger partial charge in [-0.2, -0.15) is 0 Å². The van der Waals surface area contributed by atoms with Gasteiger partial charge in [-0.3, -0.25) is 0 Å². The molecule has 1 aliphatic heterocycles. The van der Waals surface area contributed by atoms with Crippen molar-refractivity contribution < 1.29 is 12.4 Å². The van der Waals surface area contributed by atoms with Crippen LogP contribution in [-0.4, -0.2) is 9.55 Å². The zero-order chi connectivity index (χ0) is 9.38. The molecule has 78 valence electrons. The molecule has 1 aliphatic rings. The van der Waals surface area contributed by atoms with E-state index in [-0.39, 0.29) is 12.4 Å². The number of halogens is 1. The van der Waals surface area contributed by atoms with Gasteiger partial charge in [-0.05, 0) is 12.0 Å². The van der Waals surface area contributed by atoms with Crippen LogP contribution in [0.5, 0.6) is 0 Å². The molecule has 3 heteroatoms. The Kier molecular flexibility index (Phi) is 2.78. The summed E-state index contributed by atoms with van der Waals surface area (Å²) in [6, 6.07) is 10.5. The third-order valence-electron chi connectivity index (χ3n) is 2.79. The van der Waals surface area contributed by atoms with Crippen LogP contribution in [0.15, 0.2) is 36.5 Å². The highest BCUT2D eigenvalue weighted by molar-refractivity contribution is 5.59. The van der Waals surface area contributed by atoms with Crippen molar-refractivity contribution >= 4 is 0 Å². The van der Waals surface area contributed by atoms with Gasteiger partial charge in [-0.15, -0.1) is 0 Å². The molecular weight excluding hydrogens is 208 g/mol. The minimum Gasteiger partial charge on any atom is -1.00 e. The van der Waals surface area contributed by atoms with Crippen molar-refractivity contribution in [2.75, 3.05) is 0 Å². The Hall–Kier alpha value is -1.28. The number of hydrogen-bond acceptors (Lipinski definition) is 1. The molecule has 15 heavy (non-hydrogen) atoms. The third kappa shape index (κ3) is 1.65. The topological polar surface area (TPSA) is 17.8 Å². The van der Waals surface area contributed by atoms with E-state index >= 15 is 0 Å². The van der Waals surface area contributed by atoms with Crippen LogP contribution >= 0.6 is 0 Å². The number of aromatic nitrogens is 2. The molecule has 0 radical (unpaired) electrons. The first-order chi connectivity index (χ1) is 6.95. The summed E-state index contributed by atoms with van der Waals surface area (Å²) in [7, 11) is 0. The normalized spacial score (nSPS) is 13.3. The van der Waals surface area contributed by atoms with E-state index in [1.54, 1.807) is 0 Å². The summed E-state index contributed by atoms with van der Waals surface area (Å²) in [4.78, 5) is 4.44. The van der Waals surface area contributed by atoms with Gasteiger partial charge in [0.25, 0.3) is 0 Å². The fraction of sp³-hybridized carbons (Fsp3) is 0.250. The molecule has 2 aromatic rings. The lowest BCUT2D eigenvalue weighted by Crippen LogP contribution is -3.00. The Morgan fingerprint density at radius 1 is 1.13 bits per heavy atom. The lowest BCUT2D eigenvalue weighted by molar-refractivity contribution is -0.00000288. The van der Waals surface area contributed by atoms with Gasteiger partial charge in [-0.1, -0.05) is 30.3 Å². The monoisotopic (exact) mass is 219 g/mol. The van der Waals surface area contributed by atoms with Crippen LogP contribution in [0.1, 0.15) is 12.2 Å². The molecule has 0 aliphatic carbocycles. The zero-order valence-electron chi connectivity index (χ0n) is 8.36. The Bertz CT molecular complexity index is 448. The van der Waals surface area contributed by atoms with Gasteiger partial charge in [0, 0.05) is 13.0 Å². The van der Waals surface area contributed by atoms with E-state index in [0.717, 1.165) is 13.0 Å². The molecule has 0 N–H and O–H groups in total. The molecule has 1 aromatic carbocycles. The Morgan fingerprint density at radius 3 is 2.73 bits per heavy atom. The quantitative estimate of drug-likeness (QED) is 0.633. The van der Waals surface area contributed by atoms with Crippen molar-refractivity contribution in [1.82, 2.24) is 9.55 Å². The maximum Gasteiger partial charge on any atom is 0.109 e. The Balaban J connectivity index is 0.000000853. The van der Waals surface area contributed by atoms with Gasteiger partial charge in [0.1, 0.15) is 5.82 Å². The van der Waals surface area contributed by atoms with E-state index in [0.29, 0.717) is 0 Å². The number of nitrogens with zero attached hydrogens (tertiary/aromatic N) is 2. The van der Waals surface area contributed by atoms with Gasteiger partial charge in [0.2, 0.25) is 0 Å². The smallest absolute Gasteiger partial charge is 0.109 e. The van der Waals surface area contributed by atoms with Gasteiger partial charge >= 0.3 is 0 Å². The van der Waals surface area contributed by atoms with Gasteiger partial charge in [0.15, 0.2) is 0 Å². The summed E-state index contributed by atoms with van der Waals surface area (Å²) in [6.07, 6.45) is 4.36. The standard InChI is InChI=1S/C12H12N2.ClH/c1-2-5-10(6-3-1)11-9-13-12-7-4-8-14(11)12;/h1-3,5-6,9H,4,7-8H2;1H/p-1. The maximum atomic E-state index is 4.44. The predicted molar refractivity (Wildman–Crippen MR) is 56.0 cm³/mol. The fourth-order valence-corrected chi connectivity index (χ4v) is 2.10. The first kappa shape index (κ1) is 10.2. The maximum absolute atomic E-state index is 4.44. The van der Waals surface area contributed by atoms with Crippen molar-refractivity contribution in [1.29, 1.82) is 0 Å². The highest BCUT2D eigenvalue weighted by Crippen LogP contribution is 2.24. The lowest BCUT2D eigenvalue weighted by atomic mass is 10.2. The molecule has 0 saturated heterocycles. The van der Waals surface area contributed by atoms with E-state index in [4.69, 9.17) is 0 Å². The Labute approximate surface area is 95.4 Å². The summed E-state index contributed by atoms with van der Waals surface area (Å²) in [5.74, 6) is 1.24. The molecule has 0 amide bonds. The molecule has 1 aromatic heterocycles. The number of hydrogen-bond donors (Lipinski definition) is 0. The number of benzene rings is 1. The van der Waals surface area contributed by atoms with Gasteiger partial charge < -0.3 is 17.0 Å². The van der Waals surface area contributed by atoms with Crippen LogP contribution in [0.2, 0.25) is 0 Å². The van der Waals surface area contributed by atoms with E-state index < -0.39 is 0 Å². The zero-order valence-corrected chi connectivity index (χ0v) is 9.11. The molecule has 2 heterocycles. The van der Waals surface area contributed by atoms with E-state index in [1.165, 1.54) is 23.5 Å². The van der Waals surface area contributed by atoms with Crippen LogP contribution in [0.3, 0.4) is 0 Å². The molecular formula is C12H12ClN2-. The third-order valence-corrected chi connectivity index (χ3v) is 2.79. The minimum absolute atomic E-state index is 0. The number of fused-ring (bicyclic) bond motifs is 1. The molecule has 0 fully saturated rings. The van der Waals surface area contributed by atoms with Crippen LogP contribution < -0.4 is 12.4 Å². The molecule has 0 bridgehead atoms. The number of rotatable bonds is 1. The summed E-state index contributed by atoms with van der Waals surface area (Å²) in [6.45, 7) is 1.12. The van der Waals surface area contributed by atoms with Crippen LogP contribution in [0.25, 0.3) is 11.3 Å². The average molecular weight is 220 g/mol. The van der Waals surface area contributed by atoms with Gasteiger partial charge in [-0.25, -0.2) is 4.98 Å². The summed E-state index contributed by atoms with van der Waals surface area (Å²) < 4.78 is 2.33. The van der Waals surface area contributed by atoms with E-state index in [1.807, 2.05) is 12.3 Å². The van der Waals surface area contributed by atoms with Crippen LogP contribution in [0, 0.1) is 0 Å². The molecule has 0 atom stereocenters. The Morgan fingerprint density at radius 2 is 1.93 bits per heavy atom. The predicted octanol–water partition coefficient (Wildman–Crippen LogP) is -0.500. The van der Waals surface area contributed by atoms with Crippen molar-refractivity contribution in [3.8, 4) is 11.3 Å². The molecule has 0 saturated carbocycles. The largest absolute Gasteiger partial charge is 1.00 e. The van der Waals surface area contributed by atoms with Crippen molar-refractivity contribution in [3.63, 3.8) is 0 Å². The van der Waals surface area contributed by atoms with Crippen molar-refractivity contribution in [3.05, 3.63) is 42.4 Å². The summed E-state index contributed by atoms with van der Waals surface area (Å²) in [5, 5.41) is 0. The van der Waals surface area contributed by atoms with Crippen molar-refractivity contribution in [2.45, 2.75) is 19.4 Å². The number of imidazole rings is 1. The summed E-state index contributed by atoms with van der Waals surface area (Å²) in [5.41, 5.74) is 2.53. The SMILES string of the molecule is [Cl-].c1ccc(-c2cnc3n2CCC3)cc1. The molecule has 2 nitrogen and oxygen atoms in total. The highest BCUT2D eigenvalue weighted by atomic mass is 35.5. The average Bonchev–Trinajstić information content (AvgIpc) is 2.79. The number of aryl methyl sites for hydroxylation is 1. The molecule has 0 spiro atoms. The van der Waals surface area contributed by atoms with E-state index in [2.05, 4.69) is 33.8 Å². The highest BCUT2D eigenvalue weighted by Gasteiger charge is 2.15. The second kappa shape index (κ2) is 4.07. The van der Waals surface area contributed by atoms with Crippen molar-refractivity contribution in [2.24, 2.45) is 0 Å². The lowest BCUT2D eigenvalue weighted by Gasteiger charge is -2.03. The van der Waals surface area contributed by atoms with Gasteiger partial charge in [0.05, 0.1) is 11.9 Å². The minimum atomic E-state index is 0.